The zero-order valence-corrected chi connectivity index (χ0v) is 3.90. The monoisotopic (exact) mass is 84.1 g/mol. The van der Waals surface area contributed by atoms with Gasteiger partial charge in [0.2, 0.25) is 0 Å². The fourth-order valence-electron chi connectivity index (χ4n) is 0.142. The molecule has 6 heavy (non-hydrogen) atoms. The van der Waals surface area contributed by atoms with Gasteiger partial charge in [-0.15, -0.1) is 5.73 Å². The highest BCUT2D eigenvalue weighted by molar-refractivity contribution is 4.73. The lowest BCUT2D eigenvalue weighted by molar-refractivity contribution is 0.234. The van der Waals surface area contributed by atoms with E-state index in [1.165, 1.54) is 0 Å². The fourth-order valence-corrected chi connectivity index (χ4v) is 0.142. The second-order valence-corrected chi connectivity index (χ2v) is 0.864. The molecule has 0 aliphatic carbocycles. The lowest BCUT2D eigenvalue weighted by Crippen LogP contribution is -1.77. The highest BCUT2D eigenvalue weighted by Crippen LogP contribution is 1.63. The molecule has 1 heteroatoms. The summed E-state index contributed by atoms with van der Waals surface area (Å²) in [5.74, 6) is 0. The molecule has 0 unspecified atom stereocenters. The van der Waals surface area contributed by atoms with E-state index in [1.54, 1.807) is 13.2 Å². The van der Waals surface area contributed by atoms with Crippen LogP contribution in [-0.2, 0) is 4.74 Å². The van der Waals surface area contributed by atoms with Crippen LogP contribution in [0.3, 0.4) is 0 Å². The van der Waals surface area contributed by atoms with Gasteiger partial charge in [0.05, 0.1) is 6.61 Å². The molecular formula is C5H8O. The Labute approximate surface area is 37.9 Å². The quantitative estimate of drug-likeness (QED) is 0.453. The van der Waals surface area contributed by atoms with Gasteiger partial charge in [-0.3, -0.25) is 0 Å². The van der Waals surface area contributed by atoms with Gasteiger partial charge in [0.1, 0.15) is 0 Å². The van der Waals surface area contributed by atoms with E-state index in [-0.39, 0.29) is 0 Å². The van der Waals surface area contributed by atoms with Crippen molar-refractivity contribution in [3.8, 4) is 0 Å². The van der Waals surface area contributed by atoms with Crippen LogP contribution in [-0.4, -0.2) is 13.7 Å². The number of ether oxygens (including phenoxy) is 1. The number of hydrogen-bond donors (Lipinski definition) is 0. The van der Waals surface area contributed by atoms with Crippen LogP contribution in [0.4, 0.5) is 0 Å². The fraction of sp³-hybridized carbons (Fsp3) is 0.400. The van der Waals surface area contributed by atoms with Crippen molar-refractivity contribution < 1.29 is 4.74 Å². The predicted molar refractivity (Wildman–Crippen MR) is 25.6 cm³/mol. The molecule has 0 heterocycles. The minimum atomic E-state index is 0.615. The van der Waals surface area contributed by atoms with Crippen LogP contribution in [0, 0.1) is 0 Å². The standard InChI is InChI=1S/C5H8O/c1-3-4-5-6-2/h4H,1,5H2,2H3. The molecule has 0 aromatic carbocycles. The molecule has 0 fully saturated rings. The van der Waals surface area contributed by atoms with Crippen molar-refractivity contribution in [3.05, 3.63) is 18.4 Å². The van der Waals surface area contributed by atoms with Crippen molar-refractivity contribution in [2.45, 2.75) is 0 Å². The lowest BCUT2D eigenvalue weighted by atomic mass is 10.6. The summed E-state index contributed by atoms with van der Waals surface area (Å²) in [6, 6.07) is 0. The van der Waals surface area contributed by atoms with E-state index in [0.29, 0.717) is 6.61 Å². The molecule has 0 saturated heterocycles. The molecule has 0 aromatic rings. The summed E-state index contributed by atoms with van der Waals surface area (Å²) in [6.07, 6.45) is 1.72. The highest BCUT2D eigenvalue weighted by atomic mass is 16.5. The largest absolute Gasteiger partial charge is 0.380 e. The topological polar surface area (TPSA) is 9.23 Å². The van der Waals surface area contributed by atoms with E-state index in [4.69, 9.17) is 0 Å². The first-order chi connectivity index (χ1) is 2.91. The molecule has 0 bridgehead atoms. The summed E-state index contributed by atoms with van der Waals surface area (Å²) >= 11 is 0. The van der Waals surface area contributed by atoms with E-state index in [0.717, 1.165) is 0 Å². The zero-order valence-electron chi connectivity index (χ0n) is 3.90. The highest BCUT2D eigenvalue weighted by Gasteiger charge is 1.60. The maximum absolute atomic E-state index is 4.62. The van der Waals surface area contributed by atoms with Crippen LogP contribution in [0.1, 0.15) is 0 Å². The average Bonchev–Trinajstić information content (AvgIpc) is 1.61. The maximum Gasteiger partial charge on any atom is 0.0717 e. The van der Waals surface area contributed by atoms with Crippen LogP contribution in [0.15, 0.2) is 18.4 Å². The van der Waals surface area contributed by atoms with Gasteiger partial charge < -0.3 is 4.74 Å². The van der Waals surface area contributed by atoms with E-state index in [2.05, 4.69) is 17.0 Å². The summed E-state index contributed by atoms with van der Waals surface area (Å²) in [7, 11) is 1.63. The van der Waals surface area contributed by atoms with Crippen LogP contribution in [0.25, 0.3) is 0 Å². The van der Waals surface area contributed by atoms with Crippen molar-refractivity contribution in [3.63, 3.8) is 0 Å². The third kappa shape index (κ3) is 3.48. The summed E-state index contributed by atoms with van der Waals surface area (Å²) in [6.45, 7) is 3.95. The van der Waals surface area contributed by atoms with Gasteiger partial charge in [-0.05, 0) is 6.08 Å². The Morgan fingerprint density at radius 1 is 2.00 bits per heavy atom. The van der Waals surface area contributed by atoms with Gasteiger partial charge in [0, 0.05) is 7.11 Å². The van der Waals surface area contributed by atoms with Gasteiger partial charge in [-0.2, -0.15) is 0 Å². The minimum Gasteiger partial charge on any atom is -0.380 e. The Bertz CT molecular complexity index is 60.3. The Hall–Kier alpha value is -0.520. The summed E-state index contributed by atoms with van der Waals surface area (Å²) < 4.78 is 4.62. The molecule has 0 aliphatic heterocycles. The Morgan fingerprint density at radius 2 is 2.67 bits per heavy atom. The smallest absolute Gasteiger partial charge is 0.0717 e. The molecule has 0 atom stereocenters. The molecule has 34 valence electrons. The van der Waals surface area contributed by atoms with Gasteiger partial charge in [0.25, 0.3) is 0 Å². The van der Waals surface area contributed by atoms with Crippen molar-refractivity contribution >= 4 is 0 Å². The molecule has 0 spiro atoms. The van der Waals surface area contributed by atoms with E-state index in [9.17, 15) is 0 Å². The molecule has 0 rings (SSSR count). The summed E-state index contributed by atoms with van der Waals surface area (Å²) in [5.41, 5.74) is 2.57. The van der Waals surface area contributed by atoms with Crippen LogP contribution in [0.2, 0.25) is 0 Å². The molecule has 0 amide bonds. The Balaban J connectivity index is 2.86. The second-order valence-electron chi connectivity index (χ2n) is 0.864. The van der Waals surface area contributed by atoms with E-state index >= 15 is 0 Å². The number of methoxy groups -OCH3 is 1. The number of hydrogen-bond acceptors (Lipinski definition) is 1. The molecule has 0 aromatic heterocycles. The predicted octanol–water partition coefficient (Wildman–Crippen LogP) is 0.974. The average molecular weight is 84.1 g/mol. The third-order valence-corrected chi connectivity index (χ3v) is 0.394. The molecule has 0 aliphatic rings. The molecule has 0 saturated carbocycles. The third-order valence-electron chi connectivity index (χ3n) is 0.394. The first-order valence-corrected chi connectivity index (χ1v) is 1.75. The lowest BCUT2D eigenvalue weighted by Gasteiger charge is -1.79. The summed E-state index contributed by atoms with van der Waals surface area (Å²) in [4.78, 5) is 0. The zero-order chi connectivity index (χ0) is 4.83. The van der Waals surface area contributed by atoms with Crippen molar-refractivity contribution in [1.29, 1.82) is 0 Å². The van der Waals surface area contributed by atoms with Crippen LogP contribution in [0.5, 0.6) is 0 Å². The van der Waals surface area contributed by atoms with Gasteiger partial charge in [0.15, 0.2) is 0 Å². The minimum absolute atomic E-state index is 0.615. The molecule has 1 nitrogen and oxygen atoms in total. The van der Waals surface area contributed by atoms with Crippen molar-refractivity contribution in [2.75, 3.05) is 13.7 Å². The Morgan fingerprint density at radius 3 is 2.83 bits per heavy atom. The SMILES string of the molecule is C=C=CCOC. The second kappa shape index (κ2) is 4.48. The molecule has 0 radical (unpaired) electrons. The van der Waals surface area contributed by atoms with Crippen LogP contribution >= 0.6 is 0 Å². The van der Waals surface area contributed by atoms with Gasteiger partial charge >= 0.3 is 0 Å². The van der Waals surface area contributed by atoms with Crippen molar-refractivity contribution in [1.82, 2.24) is 0 Å². The molecule has 0 N–H and O–H groups in total. The Kier molecular flexibility index (Phi) is 4.09. The van der Waals surface area contributed by atoms with E-state index in [1.807, 2.05) is 0 Å². The van der Waals surface area contributed by atoms with Crippen molar-refractivity contribution in [2.24, 2.45) is 0 Å². The molecular weight excluding hydrogens is 76.1 g/mol. The normalized spacial score (nSPS) is 6.83. The first kappa shape index (κ1) is 5.48. The number of rotatable bonds is 2. The van der Waals surface area contributed by atoms with Crippen LogP contribution < -0.4 is 0 Å². The first-order valence-electron chi connectivity index (χ1n) is 1.75. The van der Waals surface area contributed by atoms with Gasteiger partial charge in [-0.25, -0.2) is 0 Å². The summed E-state index contributed by atoms with van der Waals surface area (Å²) in [5, 5.41) is 0. The maximum atomic E-state index is 4.62. The van der Waals surface area contributed by atoms with Gasteiger partial charge in [-0.1, -0.05) is 6.58 Å². The van der Waals surface area contributed by atoms with E-state index < -0.39 is 0 Å².